The summed E-state index contributed by atoms with van der Waals surface area (Å²) in [5, 5.41) is 11.5. The number of aliphatic hydroxyl groups excluding tert-OH is 1. The van der Waals surface area contributed by atoms with Crippen LogP contribution < -0.4 is 4.90 Å². The molecule has 0 saturated heterocycles. The van der Waals surface area contributed by atoms with E-state index in [1.807, 2.05) is 0 Å². The third-order valence-corrected chi connectivity index (χ3v) is 6.59. The molecule has 1 unspecified atom stereocenters. The Morgan fingerprint density at radius 1 is 1.06 bits per heavy atom. The molecule has 1 N–H and O–H groups in total. The molecule has 9 heteroatoms. The van der Waals surface area contributed by atoms with Crippen molar-refractivity contribution in [1.82, 2.24) is 4.98 Å². The lowest BCUT2D eigenvalue weighted by atomic mass is 9.92. The second kappa shape index (κ2) is 8.15. The van der Waals surface area contributed by atoms with Crippen molar-refractivity contribution in [2.75, 3.05) is 4.90 Å². The summed E-state index contributed by atoms with van der Waals surface area (Å²) in [7, 11) is 0. The van der Waals surface area contributed by atoms with Gasteiger partial charge in [-0.25, -0.2) is 4.98 Å². The van der Waals surface area contributed by atoms with Gasteiger partial charge in [-0.15, -0.1) is 11.3 Å². The van der Waals surface area contributed by atoms with Crippen LogP contribution in [0.25, 0.3) is 0 Å². The van der Waals surface area contributed by atoms with Gasteiger partial charge in [-0.3, -0.25) is 14.5 Å². The van der Waals surface area contributed by atoms with Crippen LogP contribution in [0.3, 0.4) is 0 Å². The molecule has 1 amide bonds. The molecule has 0 fully saturated rings. The predicted octanol–water partition coefficient (Wildman–Crippen LogP) is 5.87. The summed E-state index contributed by atoms with van der Waals surface area (Å²) >= 11 is 1.15. The number of Topliss-reactive ketones (excluding diaryl/α,β-unsaturated/α-hetero) is 1. The Bertz CT molecular complexity index is 1290. The standard InChI is InChI=1S/C24H19F3N2O3S/c1-12-6-4-5-7-17(12)19-18(20(30)22-13(2)28-14(3)33-22)21(31)23(32)29(19)16-10-8-15(9-11-16)24(25,26)27/h4-11,19,31H,1-3H3. The molecule has 0 bridgehead atoms. The highest BCUT2D eigenvalue weighted by atomic mass is 32.1. The highest BCUT2D eigenvalue weighted by Gasteiger charge is 2.46. The molecule has 2 aromatic carbocycles. The number of anilines is 1. The number of carbonyl (C=O) groups is 2. The minimum atomic E-state index is -4.54. The fourth-order valence-corrected chi connectivity index (χ4v) is 4.84. The summed E-state index contributed by atoms with van der Waals surface area (Å²) in [6.07, 6.45) is -4.54. The summed E-state index contributed by atoms with van der Waals surface area (Å²) in [5.41, 5.74) is 0.955. The van der Waals surface area contributed by atoms with Crippen molar-refractivity contribution in [3.8, 4) is 0 Å². The van der Waals surface area contributed by atoms with Crippen molar-refractivity contribution >= 4 is 28.7 Å². The van der Waals surface area contributed by atoms with E-state index in [9.17, 15) is 27.9 Å². The monoisotopic (exact) mass is 472 g/mol. The molecule has 5 nitrogen and oxygen atoms in total. The minimum absolute atomic E-state index is 0.124. The fourth-order valence-electron chi connectivity index (χ4n) is 3.97. The van der Waals surface area contributed by atoms with Crippen LogP contribution in [-0.4, -0.2) is 21.8 Å². The Morgan fingerprint density at radius 2 is 1.70 bits per heavy atom. The van der Waals surface area contributed by atoms with Gasteiger partial charge >= 0.3 is 6.18 Å². The summed E-state index contributed by atoms with van der Waals surface area (Å²) in [4.78, 5) is 32.4. The largest absolute Gasteiger partial charge is 0.503 e. The molecule has 33 heavy (non-hydrogen) atoms. The van der Waals surface area contributed by atoms with Gasteiger partial charge in [-0.2, -0.15) is 13.2 Å². The zero-order valence-electron chi connectivity index (χ0n) is 17.9. The Kier molecular flexibility index (Phi) is 5.61. The Morgan fingerprint density at radius 3 is 2.24 bits per heavy atom. The van der Waals surface area contributed by atoms with Crippen molar-refractivity contribution in [3.05, 3.63) is 92.1 Å². The van der Waals surface area contributed by atoms with Gasteiger partial charge in [0.1, 0.15) is 0 Å². The molecule has 1 atom stereocenters. The molecule has 1 aliphatic heterocycles. The first-order valence-corrected chi connectivity index (χ1v) is 10.8. The molecule has 0 spiro atoms. The first-order valence-electron chi connectivity index (χ1n) is 9.99. The van der Waals surface area contributed by atoms with Crippen molar-refractivity contribution in [2.45, 2.75) is 33.0 Å². The second-order valence-corrected chi connectivity index (χ2v) is 8.92. The van der Waals surface area contributed by atoms with Crippen LogP contribution >= 0.6 is 11.3 Å². The Balaban J connectivity index is 1.88. The van der Waals surface area contributed by atoms with Crippen LogP contribution in [0.1, 0.15) is 43.1 Å². The molecule has 1 aromatic heterocycles. The number of aromatic nitrogens is 1. The van der Waals surface area contributed by atoms with Crippen molar-refractivity contribution in [1.29, 1.82) is 0 Å². The molecule has 4 rings (SSSR count). The van der Waals surface area contributed by atoms with Gasteiger partial charge in [0, 0.05) is 5.69 Å². The summed E-state index contributed by atoms with van der Waals surface area (Å²) in [6, 6.07) is 10.1. The van der Waals surface area contributed by atoms with Gasteiger partial charge < -0.3 is 5.11 Å². The Labute approximate surface area is 191 Å². The fraction of sp³-hybridized carbons (Fsp3) is 0.208. The lowest BCUT2D eigenvalue weighted by Gasteiger charge is -2.28. The van der Waals surface area contributed by atoms with Crippen molar-refractivity contribution in [3.63, 3.8) is 0 Å². The molecule has 0 saturated carbocycles. The number of ketones is 1. The normalized spacial score (nSPS) is 16.6. The maximum absolute atomic E-state index is 13.5. The number of thiazole rings is 1. The Hall–Kier alpha value is -3.46. The van der Waals surface area contributed by atoms with Crippen molar-refractivity contribution in [2.24, 2.45) is 0 Å². The number of hydrogen-bond donors (Lipinski definition) is 1. The minimum Gasteiger partial charge on any atom is -0.503 e. The van der Waals surface area contributed by atoms with E-state index in [4.69, 9.17) is 0 Å². The average Bonchev–Trinajstić information content (AvgIpc) is 3.23. The van der Waals surface area contributed by atoms with Crippen LogP contribution in [0.4, 0.5) is 18.9 Å². The van der Waals surface area contributed by atoms with E-state index in [1.54, 1.807) is 45.0 Å². The van der Waals surface area contributed by atoms with Gasteiger partial charge in [-0.1, -0.05) is 24.3 Å². The summed E-state index contributed by atoms with van der Waals surface area (Å²) < 4.78 is 39.1. The first kappa shape index (κ1) is 22.7. The highest BCUT2D eigenvalue weighted by Crippen LogP contribution is 2.44. The lowest BCUT2D eigenvalue weighted by Crippen LogP contribution is -2.31. The van der Waals surface area contributed by atoms with E-state index in [2.05, 4.69) is 4.98 Å². The number of benzene rings is 2. The maximum Gasteiger partial charge on any atom is 0.416 e. The lowest BCUT2D eigenvalue weighted by molar-refractivity contribution is -0.137. The maximum atomic E-state index is 13.5. The van der Waals surface area contributed by atoms with E-state index >= 15 is 0 Å². The number of amides is 1. The second-order valence-electron chi connectivity index (χ2n) is 7.72. The van der Waals surface area contributed by atoms with Crippen LogP contribution in [-0.2, 0) is 11.0 Å². The molecule has 1 aliphatic rings. The number of rotatable bonds is 4. The smallest absolute Gasteiger partial charge is 0.416 e. The highest BCUT2D eigenvalue weighted by molar-refractivity contribution is 7.14. The van der Waals surface area contributed by atoms with E-state index in [0.717, 1.165) is 46.1 Å². The molecule has 0 aliphatic carbocycles. The predicted molar refractivity (Wildman–Crippen MR) is 118 cm³/mol. The van der Waals surface area contributed by atoms with Gasteiger partial charge in [-0.05, 0) is 56.2 Å². The quantitative estimate of drug-likeness (QED) is 0.482. The van der Waals surface area contributed by atoms with E-state index in [0.29, 0.717) is 21.1 Å². The number of hydrogen-bond acceptors (Lipinski definition) is 5. The molecule has 2 heterocycles. The number of nitrogens with zero attached hydrogens (tertiary/aromatic N) is 2. The molecular formula is C24H19F3N2O3S. The first-order chi connectivity index (χ1) is 15.5. The number of aryl methyl sites for hydroxylation is 3. The third-order valence-electron chi connectivity index (χ3n) is 5.52. The SMILES string of the molecule is Cc1nc(C)c(C(=O)C2=C(O)C(=O)N(c3ccc(C(F)(F)F)cc3)C2c2ccccc2C)s1. The van der Waals surface area contributed by atoms with Gasteiger partial charge in [0.05, 0.1) is 32.8 Å². The number of alkyl halides is 3. The summed E-state index contributed by atoms with van der Waals surface area (Å²) in [5.74, 6) is -2.12. The van der Waals surface area contributed by atoms with Gasteiger partial charge in [0.25, 0.3) is 5.91 Å². The molecule has 3 aromatic rings. The van der Waals surface area contributed by atoms with Crippen LogP contribution in [0.15, 0.2) is 59.9 Å². The third kappa shape index (κ3) is 3.93. The average molecular weight is 472 g/mol. The summed E-state index contributed by atoms with van der Waals surface area (Å²) in [6.45, 7) is 5.21. The van der Waals surface area contributed by atoms with E-state index in [1.165, 1.54) is 0 Å². The van der Waals surface area contributed by atoms with Crippen LogP contribution in [0, 0.1) is 20.8 Å². The van der Waals surface area contributed by atoms with Crippen LogP contribution in [0.2, 0.25) is 0 Å². The van der Waals surface area contributed by atoms with Gasteiger partial charge in [0.15, 0.2) is 5.76 Å². The molecule has 170 valence electrons. The van der Waals surface area contributed by atoms with Crippen LogP contribution in [0.5, 0.6) is 0 Å². The van der Waals surface area contributed by atoms with Gasteiger partial charge in [0.2, 0.25) is 5.78 Å². The molecule has 0 radical (unpaired) electrons. The number of aliphatic hydroxyl groups is 1. The van der Waals surface area contributed by atoms with E-state index < -0.39 is 35.2 Å². The number of halogens is 3. The van der Waals surface area contributed by atoms with Crippen molar-refractivity contribution < 1.29 is 27.9 Å². The molecular weight excluding hydrogens is 453 g/mol. The van der Waals surface area contributed by atoms with E-state index in [-0.39, 0.29) is 11.3 Å². The zero-order chi connectivity index (χ0) is 24.1. The zero-order valence-corrected chi connectivity index (χ0v) is 18.7. The topological polar surface area (TPSA) is 70.5 Å². The number of carbonyl (C=O) groups excluding carboxylic acids is 2.